The number of aromatic nitrogens is 3. The third kappa shape index (κ3) is 5.92. The molecule has 2 N–H and O–H groups in total. The fourth-order valence-corrected chi connectivity index (χ4v) is 4.47. The van der Waals surface area contributed by atoms with E-state index in [1.54, 1.807) is 0 Å². The van der Waals surface area contributed by atoms with Gasteiger partial charge in [0, 0.05) is 24.2 Å². The highest BCUT2D eigenvalue weighted by atomic mass is 32.2. The van der Waals surface area contributed by atoms with Crippen molar-refractivity contribution in [2.24, 2.45) is 0 Å². The first-order valence-corrected chi connectivity index (χ1v) is 12.6. The summed E-state index contributed by atoms with van der Waals surface area (Å²) in [6.07, 6.45) is 2.14. The predicted molar refractivity (Wildman–Crippen MR) is 140 cm³/mol. The molecule has 0 bridgehead atoms. The third-order valence-electron chi connectivity index (χ3n) is 5.47. The predicted octanol–water partition coefficient (Wildman–Crippen LogP) is 5.63. The minimum absolute atomic E-state index is 0.135. The van der Waals surface area contributed by atoms with Gasteiger partial charge in [0.15, 0.2) is 5.16 Å². The van der Waals surface area contributed by atoms with Gasteiger partial charge in [0.25, 0.3) is 0 Å². The molecule has 0 spiro atoms. The Labute approximate surface area is 213 Å². The van der Waals surface area contributed by atoms with Crippen LogP contribution in [-0.2, 0) is 9.59 Å². The number of nitrogens with zero attached hydrogens (tertiary/aromatic N) is 3. The lowest BCUT2D eigenvalue weighted by Crippen LogP contribution is -2.14. The van der Waals surface area contributed by atoms with Crippen LogP contribution in [0.2, 0.25) is 0 Å². The van der Waals surface area contributed by atoms with E-state index >= 15 is 0 Å². The summed E-state index contributed by atoms with van der Waals surface area (Å²) < 4.78 is 7.78. The number of carbonyl (C=O) groups is 2. The van der Waals surface area contributed by atoms with Gasteiger partial charge in [0.05, 0.1) is 11.4 Å². The zero-order valence-electron chi connectivity index (χ0n) is 19.7. The largest absolute Gasteiger partial charge is 0.457 e. The van der Waals surface area contributed by atoms with E-state index in [4.69, 9.17) is 4.74 Å². The lowest BCUT2D eigenvalue weighted by molar-refractivity contribution is -0.114. The van der Waals surface area contributed by atoms with Crippen LogP contribution in [0.4, 0.5) is 11.4 Å². The average Bonchev–Trinajstić information content (AvgIpc) is 3.63. The molecule has 1 aliphatic rings. The summed E-state index contributed by atoms with van der Waals surface area (Å²) in [5.74, 6) is 2.58. The smallest absolute Gasteiger partial charge is 0.234 e. The molecular weight excluding hydrogens is 474 g/mol. The van der Waals surface area contributed by atoms with E-state index in [1.807, 2.05) is 83.4 Å². The number of hydrogen-bond acceptors (Lipinski definition) is 6. The Bertz CT molecular complexity index is 1370. The van der Waals surface area contributed by atoms with Crippen LogP contribution >= 0.6 is 11.8 Å². The number of thioether (sulfide) groups is 1. The second kappa shape index (κ2) is 10.7. The van der Waals surface area contributed by atoms with Crippen LogP contribution in [0.15, 0.2) is 84.0 Å². The van der Waals surface area contributed by atoms with Crippen molar-refractivity contribution in [3.63, 3.8) is 0 Å². The van der Waals surface area contributed by atoms with Gasteiger partial charge >= 0.3 is 0 Å². The van der Waals surface area contributed by atoms with Gasteiger partial charge < -0.3 is 15.4 Å². The van der Waals surface area contributed by atoms with Crippen LogP contribution < -0.4 is 15.4 Å². The molecule has 1 fully saturated rings. The molecule has 1 saturated carbocycles. The van der Waals surface area contributed by atoms with Crippen molar-refractivity contribution in [1.29, 1.82) is 0 Å². The normalized spacial score (nSPS) is 12.7. The molecule has 0 aliphatic heterocycles. The molecule has 182 valence electrons. The standard InChI is InChI=1S/C27H25N5O3S/c1-18(33)28-21-6-5-7-22(16-21)32-26(19-10-11-19)30-31-27(32)36-17-25(34)29-20-12-14-24(15-13-20)35-23-8-3-2-4-9-23/h2-9,12-16,19H,10-11,17H2,1H3,(H,28,33)(H,29,34). The maximum Gasteiger partial charge on any atom is 0.234 e. The molecule has 0 radical (unpaired) electrons. The van der Waals surface area contributed by atoms with Gasteiger partial charge in [-0.15, -0.1) is 10.2 Å². The van der Waals surface area contributed by atoms with Crippen molar-refractivity contribution < 1.29 is 14.3 Å². The molecule has 0 atom stereocenters. The van der Waals surface area contributed by atoms with Gasteiger partial charge in [-0.1, -0.05) is 36.0 Å². The summed E-state index contributed by atoms with van der Waals surface area (Å²) in [4.78, 5) is 24.2. The van der Waals surface area contributed by atoms with Crippen molar-refractivity contribution in [1.82, 2.24) is 14.8 Å². The summed E-state index contributed by atoms with van der Waals surface area (Å²) in [6, 6.07) is 24.3. The number of para-hydroxylation sites is 1. The molecule has 0 unspecified atom stereocenters. The topological polar surface area (TPSA) is 98.1 Å². The molecule has 0 saturated heterocycles. The Morgan fingerprint density at radius 3 is 2.39 bits per heavy atom. The number of rotatable bonds is 9. The monoisotopic (exact) mass is 499 g/mol. The van der Waals surface area contributed by atoms with Gasteiger partial charge in [-0.3, -0.25) is 14.2 Å². The molecule has 9 heteroatoms. The molecule has 4 aromatic rings. The first-order chi connectivity index (χ1) is 17.5. The van der Waals surface area contributed by atoms with Gasteiger partial charge in [0.1, 0.15) is 17.3 Å². The first kappa shape index (κ1) is 23.6. The van der Waals surface area contributed by atoms with E-state index in [0.717, 1.165) is 30.1 Å². The van der Waals surface area contributed by atoms with Crippen LogP contribution in [0, 0.1) is 0 Å². The molecule has 1 aromatic heterocycles. The number of ether oxygens (including phenoxy) is 1. The van der Waals surface area contributed by atoms with E-state index in [2.05, 4.69) is 20.8 Å². The maximum atomic E-state index is 12.7. The second-order valence-electron chi connectivity index (χ2n) is 8.46. The first-order valence-electron chi connectivity index (χ1n) is 11.6. The zero-order chi connectivity index (χ0) is 24.9. The molecule has 1 heterocycles. The van der Waals surface area contributed by atoms with E-state index < -0.39 is 0 Å². The Morgan fingerprint density at radius 1 is 0.917 bits per heavy atom. The van der Waals surface area contributed by atoms with E-state index in [0.29, 0.717) is 28.2 Å². The lowest BCUT2D eigenvalue weighted by atomic mass is 10.2. The summed E-state index contributed by atoms with van der Waals surface area (Å²) in [5, 5.41) is 15.1. The Hall–Kier alpha value is -4.11. The van der Waals surface area contributed by atoms with Crippen LogP contribution in [0.1, 0.15) is 31.5 Å². The summed E-state index contributed by atoms with van der Waals surface area (Å²) in [6.45, 7) is 1.48. The van der Waals surface area contributed by atoms with Gasteiger partial charge in [-0.25, -0.2) is 0 Å². The fourth-order valence-electron chi connectivity index (χ4n) is 3.71. The summed E-state index contributed by atoms with van der Waals surface area (Å²) in [7, 11) is 0. The van der Waals surface area contributed by atoms with Crippen molar-refractivity contribution in [3.8, 4) is 17.2 Å². The van der Waals surface area contributed by atoms with E-state index in [1.165, 1.54) is 18.7 Å². The van der Waals surface area contributed by atoms with E-state index in [-0.39, 0.29) is 17.6 Å². The number of hydrogen-bond donors (Lipinski definition) is 2. The van der Waals surface area contributed by atoms with Gasteiger partial charge in [-0.05, 0) is 67.4 Å². The van der Waals surface area contributed by atoms with Crippen molar-refractivity contribution in [3.05, 3.63) is 84.7 Å². The van der Waals surface area contributed by atoms with Crippen molar-refractivity contribution >= 4 is 35.0 Å². The minimum Gasteiger partial charge on any atom is -0.457 e. The second-order valence-corrected chi connectivity index (χ2v) is 9.40. The summed E-state index contributed by atoms with van der Waals surface area (Å²) >= 11 is 1.33. The van der Waals surface area contributed by atoms with Crippen LogP contribution in [0.3, 0.4) is 0 Å². The maximum absolute atomic E-state index is 12.7. The Morgan fingerprint density at radius 2 is 1.67 bits per heavy atom. The van der Waals surface area contributed by atoms with Crippen LogP contribution in [-0.4, -0.2) is 32.3 Å². The van der Waals surface area contributed by atoms with Crippen LogP contribution in [0.25, 0.3) is 5.69 Å². The lowest BCUT2D eigenvalue weighted by Gasteiger charge is -2.12. The van der Waals surface area contributed by atoms with Crippen molar-refractivity contribution in [2.75, 3.05) is 16.4 Å². The van der Waals surface area contributed by atoms with Crippen molar-refractivity contribution in [2.45, 2.75) is 30.8 Å². The average molecular weight is 500 g/mol. The SMILES string of the molecule is CC(=O)Nc1cccc(-n2c(SCC(=O)Nc3ccc(Oc4ccccc4)cc3)nnc2C2CC2)c1. The molecule has 2 amide bonds. The molecule has 5 rings (SSSR count). The number of carbonyl (C=O) groups excluding carboxylic acids is 2. The van der Waals surface area contributed by atoms with Gasteiger partial charge in [0.2, 0.25) is 11.8 Å². The Kier molecular flexibility index (Phi) is 6.99. The summed E-state index contributed by atoms with van der Waals surface area (Å²) in [5.41, 5.74) is 2.23. The number of nitrogens with one attached hydrogen (secondary N) is 2. The minimum atomic E-state index is -0.147. The highest BCUT2D eigenvalue weighted by molar-refractivity contribution is 7.99. The molecule has 36 heavy (non-hydrogen) atoms. The van der Waals surface area contributed by atoms with Gasteiger partial charge in [-0.2, -0.15) is 0 Å². The highest BCUT2D eigenvalue weighted by Crippen LogP contribution is 2.41. The highest BCUT2D eigenvalue weighted by Gasteiger charge is 2.31. The zero-order valence-corrected chi connectivity index (χ0v) is 20.5. The van der Waals surface area contributed by atoms with Crippen LogP contribution in [0.5, 0.6) is 11.5 Å². The Balaban J connectivity index is 1.24. The molecule has 3 aromatic carbocycles. The fraction of sp³-hybridized carbons (Fsp3) is 0.185. The number of anilines is 2. The van der Waals surface area contributed by atoms with E-state index in [9.17, 15) is 9.59 Å². The molecule has 1 aliphatic carbocycles. The quantitative estimate of drug-likeness (QED) is 0.290. The number of benzene rings is 3. The third-order valence-corrected chi connectivity index (χ3v) is 6.40. The molecule has 8 nitrogen and oxygen atoms in total. The molecular formula is C27H25N5O3S. The number of amides is 2.